The van der Waals surface area contributed by atoms with Crippen LogP contribution in [-0.4, -0.2) is 24.9 Å². The van der Waals surface area contributed by atoms with Crippen molar-refractivity contribution in [2.24, 2.45) is 0 Å². The average Bonchev–Trinajstić information content (AvgIpc) is 2.93. The van der Waals surface area contributed by atoms with Gasteiger partial charge in [0.2, 0.25) is 0 Å². The van der Waals surface area contributed by atoms with Gasteiger partial charge < -0.3 is 4.98 Å². The molecule has 0 atom stereocenters. The Morgan fingerprint density at radius 2 is 1.55 bits per heavy atom. The smallest absolute Gasteiger partial charge is 0.115 e. The summed E-state index contributed by atoms with van der Waals surface area (Å²) in [7, 11) is 0. The lowest BCUT2D eigenvalue weighted by Crippen LogP contribution is -1.77. The van der Waals surface area contributed by atoms with Crippen LogP contribution in [0.25, 0.3) is 0 Å². The molecule has 0 saturated heterocycles. The molecule has 20 heavy (non-hydrogen) atoms. The molecule has 3 aromatic rings. The minimum atomic E-state index is 1.01. The predicted octanol–water partition coefficient (Wildman–Crippen LogP) is 2.89. The number of hydrogen-bond donors (Lipinski definition) is 1. The molecule has 3 rings (SSSR count). The molecule has 3 heterocycles. The maximum Gasteiger partial charge on any atom is 0.115 e. The Morgan fingerprint density at radius 3 is 1.80 bits per heavy atom. The minimum absolute atomic E-state index is 1.01. The Kier molecular flexibility index (Phi) is 7.27. The SMILES string of the molecule is Cc1ccncc1.Cc1ccncn1.Cc1cnc[nH]1. The van der Waals surface area contributed by atoms with E-state index in [1.54, 1.807) is 31.1 Å². The molecule has 0 aliphatic rings. The number of aromatic amines is 1. The highest BCUT2D eigenvalue weighted by molar-refractivity contribution is 5.05. The van der Waals surface area contributed by atoms with Gasteiger partial charge in [0, 0.05) is 36.2 Å². The van der Waals surface area contributed by atoms with Gasteiger partial charge in [0.15, 0.2) is 0 Å². The first-order valence-electron chi connectivity index (χ1n) is 6.22. The number of aryl methyl sites for hydroxylation is 3. The highest BCUT2D eigenvalue weighted by Crippen LogP contribution is 1.88. The first-order valence-corrected chi connectivity index (χ1v) is 6.22. The second-order valence-electron chi connectivity index (χ2n) is 4.11. The third kappa shape index (κ3) is 7.71. The molecule has 5 nitrogen and oxygen atoms in total. The molecule has 1 N–H and O–H groups in total. The second-order valence-corrected chi connectivity index (χ2v) is 4.11. The van der Waals surface area contributed by atoms with Crippen molar-refractivity contribution in [3.8, 4) is 0 Å². The average molecular weight is 269 g/mol. The van der Waals surface area contributed by atoms with E-state index in [1.807, 2.05) is 39.0 Å². The van der Waals surface area contributed by atoms with E-state index in [9.17, 15) is 0 Å². The predicted molar refractivity (Wildman–Crippen MR) is 79.1 cm³/mol. The molecular weight excluding hydrogens is 250 g/mol. The van der Waals surface area contributed by atoms with Gasteiger partial charge in [0.25, 0.3) is 0 Å². The van der Waals surface area contributed by atoms with Crippen LogP contribution in [-0.2, 0) is 0 Å². The molecule has 104 valence electrons. The van der Waals surface area contributed by atoms with Crippen LogP contribution in [0.2, 0.25) is 0 Å². The summed E-state index contributed by atoms with van der Waals surface area (Å²) in [4.78, 5) is 18.1. The number of pyridine rings is 1. The quantitative estimate of drug-likeness (QED) is 0.681. The van der Waals surface area contributed by atoms with Crippen molar-refractivity contribution >= 4 is 0 Å². The summed E-state index contributed by atoms with van der Waals surface area (Å²) in [6, 6.07) is 5.81. The van der Waals surface area contributed by atoms with Crippen molar-refractivity contribution < 1.29 is 0 Å². The number of aromatic nitrogens is 5. The van der Waals surface area contributed by atoms with Crippen LogP contribution in [0.4, 0.5) is 0 Å². The van der Waals surface area contributed by atoms with Gasteiger partial charge in [-0.05, 0) is 44.5 Å². The van der Waals surface area contributed by atoms with Crippen LogP contribution in [0.3, 0.4) is 0 Å². The van der Waals surface area contributed by atoms with E-state index in [2.05, 4.69) is 24.9 Å². The third-order valence-electron chi connectivity index (χ3n) is 2.21. The number of rotatable bonds is 0. The lowest BCUT2D eigenvalue weighted by Gasteiger charge is -1.82. The molecule has 0 spiro atoms. The van der Waals surface area contributed by atoms with Crippen molar-refractivity contribution in [1.82, 2.24) is 24.9 Å². The number of nitrogens with zero attached hydrogens (tertiary/aromatic N) is 4. The van der Waals surface area contributed by atoms with Crippen molar-refractivity contribution in [3.05, 3.63) is 72.6 Å². The summed E-state index contributed by atoms with van der Waals surface area (Å²) in [6.45, 7) is 5.94. The number of hydrogen-bond acceptors (Lipinski definition) is 4. The fourth-order valence-corrected chi connectivity index (χ4v) is 1.11. The highest BCUT2D eigenvalue weighted by atomic mass is 14.8. The maximum atomic E-state index is 3.87. The zero-order valence-corrected chi connectivity index (χ0v) is 12.0. The molecule has 0 aliphatic heterocycles. The topological polar surface area (TPSA) is 67.3 Å². The second kappa shape index (κ2) is 9.38. The summed E-state index contributed by atoms with van der Waals surface area (Å²) in [6.07, 6.45) is 10.3. The van der Waals surface area contributed by atoms with Gasteiger partial charge in [-0.2, -0.15) is 0 Å². The summed E-state index contributed by atoms with van der Waals surface area (Å²) >= 11 is 0. The van der Waals surface area contributed by atoms with E-state index in [4.69, 9.17) is 0 Å². The zero-order valence-electron chi connectivity index (χ0n) is 12.0. The Balaban J connectivity index is 0.000000151. The number of imidazole rings is 1. The molecule has 0 aromatic carbocycles. The van der Waals surface area contributed by atoms with Gasteiger partial charge in [-0.3, -0.25) is 4.98 Å². The molecule has 0 radical (unpaired) electrons. The van der Waals surface area contributed by atoms with Gasteiger partial charge in [-0.25, -0.2) is 15.0 Å². The van der Waals surface area contributed by atoms with Crippen LogP contribution in [0.5, 0.6) is 0 Å². The highest BCUT2D eigenvalue weighted by Gasteiger charge is 1.75. The summed E-state index contributed by atoms with van der Waals surface area (Å²) in [5.74, 6) is 0. The summed E-state index contributed by atoms with van der Waals surface area (Å²) < 4.78 is 0. The third-order valence-corrected chi connectivity index (χ3v) is 2.21. The summed E-state index contributed by atoms with van der Waals surface area (Å²) in [5, 5.41) is 0. The van der Waals surface area contributed by atoms with Crippen molar-refractivity contribution in [1.29, 1.82) is 0 Å². The van der Waals surface area contributed by atoms with E-state index in [0.717, 1.165) is 11.4 Å². The number of H-pyrrole nitrogens is 1. The van der Waals surface area contributed by atoms with Crippen molar-refractivity contribution in [2.75, 3.05) is 0 Å². The molecule has 0 saturated carbocycles. The minimum Gasteiger partial charge on any atom is -0.349 e. The standard InChI is InChI=1S/C6H7N.C5H6N2.C4H6N2/c1-6-2-4-7-5-3-6;1-5-2-3-6-4-7-5;1-4-2-5-3-6-4/h2-5H,1H3;2-4H,1H3;2-3H,1H3,(H,5,6). The number of nitrogens with one attached hydrogen (secondary N) is 1. The van der Waals surface area contributed by atoms with E-state index >= 15 is 0 Å². The fraction of sp³-hybridized carbons (Fsp3) is 0.200. The van der Waals surface area contributed by atoms with Crippen LogP contribution < -0.4 is 0 Å². The van der Waals surface area contributed by atoms with Crippen LogP contribution in [0.15, 0.2) is 55.6 Å². The van der Waals surface area contributed by atoms with Gasteiger partial charge in [-0.1, -0.05) is 0 Å². The van der Waals surface area contributed by atoms with Crippen LogP contribution in [0.1, 0.15) is 17.0 Å². The van der Waals surface area contributed by atoms with Crippen LogP contribution in [0, 0.1) is 20.8 Å². The van der Waals surface area contributed by atoms with Crippen molar-refractivity contribution in [2.45, 2.75) is 20.8 Å². The van der Waals surface area contributed by atoms with E-state index in [1.165, 1.54) is 11.9 Å². The van der Waals surface area contributed by atoms with E-state index in [-0.39, 0.29) is 0 Å². The normalized spacial score (nSPS) is 8.75. The zero-order chi connectivity index (χ0) is 14.6. The largest absolute Gasteiger partial charge is 0.349 e. The van der Waals surface area contributed by atoms with Gasteiger partial charge in [0.1, 0.15) is 6.33 Å². The lowest BCUT2D eigenvalue weighted by atomic mass is 10.3. The molecule has 0 aliphatic carbocycles. The maximum absolute atomic E-state index is 3.87. The molecule has 5 heteroatoms. The van der Waals surface area contributed by atoms with Crippen LogP contribution >= 0.6 is 0 Å². The Labute approximate surface area is 119 Å². The summed E-state index contributed by atoms with van der Waals surface area (Å²) in [5.41, 5.74) is 3.38. The fourth-order valence-electron chi connectivity index (χ4n) is 1.11. The Bertz CT molecular complexity index is 512. The molecule has 0 bridgehead atoms. The Hall–Kier alpha value is -2.56. The molecular formula is C15H19N5. The first kappa shape index (κ1) is 15.5. The Morgan fingerprint density at radius 1 is 0.850 bits per heavy atom. The first-order chi connectivity index (χ1) is 9.68. The van der Waals surface area contributed by atoms with E-state index in [0.29, 0.717) is 0 Å². The molecule has 0 unspecified atom stereocenters. The lowest BCUT2D eigenvalue weighted by molar-refractivity contribution is 1.10. The monoisotopic (exact) mass is 269 g/mol. The van der Waals surface area contributed by atoms with Crippen molar-refractivity contribution in [3.63, 3.8) is 0 Å². The molecule has 0 amide bonds. The van der Waals surface area contributed by atoms with Gasteiger partial charge in [-0.15, -0.1) is 0 Å². The van der Waals surface area contributed by atoms with E-state index < -0.39 is 0 Å². The molecule has 3 aromatic heterocycles. The van der Waals surface area contributed by atoms with Gasteiger partial charge >= 0.3 is 0 Å². The van der Waals surface area contributed by atoms with Gasteiger partial charge in [0.05, 0.1) is 6.33 Å². The molecule has 0 fully saturated rings.